The van der Waals surface area contributed by atoms with Crippen molar-refractivity contribution in [1.82, 2.24) is 0 Å². The Morgan fingerprint density at radius 3 is 2.08 bits per heavy atom. The summed E-state index contributed by atoms with van der Waals surface area (Å²) in [5, 5.41) is 3.17. The standard InChI is InChI=1S/C16H16Cl2N2O3S/c1-10(2)16(21)19-11-3-5-12(6-4-11)20-24(22,23)13-7-8-14(17)15(18)9-13/h3-10,20H,1-2H3,(H,19,21). The molecule has 0 aliphatic carbocycles. The zero-order valence-corrected chi connectivity index (χ0v) is 15.3. The van der Waals surface area contributed by atoms with Gasteiger partial charge < -0.3 is 5.32 Å². The molecule has 0 saturated heterocycles. The van der Waals surface area contributed by atoms with Crippen LogP contribution in [0.1, 0.15) is 13.8 Å². The number of hydrogen-bond donors (Lipinski definition) is 2. The molecule has 0 atom stereocenters. The lowest BCUT2D eigenvalue weighted by molar-refractivity contribution is -0.118. The van der Waals surface area contributed by atoms with Gasteiger partial charge in [0.15, 0.2) is 0 Å². The molecular formula is C16H16Cl2N2O3S. The van der Waals surface area contributed by atoms with Crippen molar-refractivity contribution in [3.63, 3.8) is 0 Å². The number of hydrogen-bond acceptors (Lipinski definition) is 3. The minimum atomic E-state index is -3.78. The fourth-order valence-corrected chi connectivity index (χ4v) is 3.21. The van der Waals surface area contributed by atoms with Crippen LogP contribution in [-0.2, 0) is 14.8 Å². The summed E-state index contributed by atoms with van der Waals surface area (Å²) < 4.78 is 27.1. The van der Waals surface area contributed by atoms with Gasteiger partial charge in [0.1, 0.15) is 0 Å². The Balaban J connectivity index is 2.15. The van der Waals surface area contributed by atoms with Crippen molar-refractivity contribution in [2.45, 2.75) is 18.7 Å². The molecule has 5 nitrogen and oxygen atoms in total. The first-order chi connectivity index (χ1) is 11.2. The second-order valence-electron chi connectivity index (χ2n) is 5.40. The van der Waals surface area contributed by atoms with E-state index in [1.807, 2.05) is 0 Å². The van der Waals surface area contributed by atoms with Gasteiger partial charge >= 0.3 is 0 Å². The highest BCUT2D eigenvalue weighted by Crippen LogP contribution is 2.26. The van der Waals surface area contributed by atoms with E-state index >= 15 is 0 Å². The third kappa shape index (κ3) is 4.63. The van der Waals surface area contributed by atoms with E-state index in [0.717, 1.165) is 0 Å². The van der Waals surface area contributed by atoms with Crippen LogP contribution in [0.3, 0.4) is 0 Å². The first-order valence-corrected chi connectivity index (χ1v) is 9.32. The van der Waals surface area contributed by atoms with Crippen molar-refractivity contribution in [2.24, 2.45) is 5.92 Å². The molecule has 2 aromatic rings. The SMILES string of the molecule is CC(C)C(=O)Nc1ccc(NS(=O)(=O)c2ccc(Cl)c(Cl)c2)cc1. The first kappa shape index (κ1) is 18.6. The summed E-state index contributed by atoms with van der Waals surface area (Å²) >= 11 is 11.6. The van der Waals surface area contributed by atoms with Crippen molar-refractivity contribution in [3.8, 4) is 0 Å². The Morgan fingerprint density at radius 1 is 0.958 bits per heavy atom. The largest absolute Gasteiger partial charge is 0.326 e. The van der Waals surface area contributed by atoms with E-state index in [1.165, 1.54) is 18.2 Å². The van der Waals surface area contributed by atoms with E-state index in [9.17, 15) is 13.2 Å². The number of amides is 1. The van der Waals surface area contributed by atoms with E-state index in [0.29, 0.717) is 11.4 Å². The van der Waals surface area contributed by atoms with Crippen LogP contribution >= 0.6 is 23.2 Å². The molecule has 1 amide bonds. The molecule has 0 aliphatic heterocycles. The summed E-state index contributed by atoms with van der Waals surface area (Å²) in [6.07, 6.45) is 0. The van der Waals surface area contributed by atoms with E-state index in [-0.39, 0.29) is 26.8 Å². The predicted molar refractivity (Wildman–Crippen MR) is 97.2 cm³/mol. The molecule has 24 heavy (non-hydrogen) atoms. The van der Waals surface area contributed by atoms with Crippen LogP contribution in [0.5, 0.6) is 0 Å². The van der Waals surface area contributed by atoms with Gasteiger partial charge in [-0.1, -0.05) is 37.0 Å². The smallest absolute Gasteiger partial charge is 0.261 e. The average Bonchev–Trinajstić information content (AvgIpc) is 2.51. The Bertz CT molecular complexity index is 850. The maximum Gasteiger partial charge on any atom is 0.261 e. The molecular weight excluding hydrogens is 371 g/mol. The number of anilines is 2. The summed E-state index contributed by atoms with van der Waals surface area (Å²) in [6, 6.07) is 10.4. The number of carbonyl (C=O) groups is 1. The summed E-state index contributed by atoms with van der Waals surface area (Å²) in [7, 11) is -3.78. The maximum absolute atomic E-state index is 12.3. The molecule has 2 N–H and O–H groups in total. The second-order valence-corrected chi connectivity index (χ2v) is 7.90. The number of carbonyl (C=O) groups excluding carboxylic acids is 1. The van der Waals surface area contributed by atoms with Gasteiger partial charge in [-0.3, -0.25) is 9.52 Å². The van der Waals surface area contributed by atoms with Crippen LogP contribution in [0.4, 0.5) is 11.4 Å². The van der Waals surface area contributed by atoms with Crippen molar-refractivity contribution in [3.05, 3.63) is 52.5 Å². The predicted octanol–water partition coefficient (Wildman–Crippen LogP) is 4.39. The monoisotopic (exact) mass is 386 g/mol. The summed E-state index contributed by atoms with van der Waals surface area (Å²) in [5.74, 6) is -0.253. The van der Waals surface area contributed by atoms with Gasteiger partial charge in [-0.15, -0.1) is 0 Å². The molecule has 0 aromatic heterocycles. The summed E-state index contributed by atoms with van der Waals surface area (Å²) in [4.78, 5) is 11.6. The number of benzene rings is 2. The van der Waals surface area contributed by atoms with Crippen LogP contribution in [0.15, 0.2) is 47.4 Å². The van der Waals surface area contributed by atoms with Gasteiger partial charge in [0.05, 0.1) is 14.9 Å². The van der Waals surface area contributed by atoms with E-state index < -0.39 is 10.0 Å². The lowest BCUT2D eigenvalue weighted by atomic mass is 10.2. The maximum atomic E-state index is 12.3. The molecule has 0 radical (unpaired) electrons. The second kappa shape index (κ2) is 7.42. The highest BCUT2D eigenvalue weighted by molar-refractivity contribution is 7.92. The van der Waals surface area contributed by atoms with Crippen LogP contribution < -0.4 is 10.0 Å². The highest BCUT2D eigenvalue weighted by atomic mass is 35.5. The lowest BCUT2D eigenvalue weighted by Gasteiger charge is -2.11. The number of nitrogens with one attached hydrogen (secondary N) is 2. The number of halogens is 2. The van der Waals surface area contributed by atoms with Gasteiger partial charge in [0, 0.05) is 17.3 Å². The van der Waals surface area contributed by atoms with Gasteiger partial charge in [-0.2, -0.15) is 0 Å². The number of rotatable bonds is 5. The topological polar surface area (TPSA) is 75.3 Å². The van der Waals surface area contributed by atoms with Crippen LogP contribution in [0.25, 0.3) is 0 Å². The molecule has 0 spiro atoms. The highest BCUT2D eigenvalue weighted by Gasteiger charge is 2.16. The molecule has 128 valence electrons. The minimum Gasteiger partial charge on any atom is -0.326 e. The lowest BCUT2D eigenvalue weighted by Crippen LogP contribution is -2.17. The van der Waals surface area contributed by atoms with Crippen LogP contribution in [-0.4, -0.2) is 14.3 Å². The third-order valence-electron chi connectivity index (χ3n) is 3.13. The van der Waals surface area contributed by atoms with E-state index in [2.05, 4.69) is 10.0 Å². The molecule has 2 aromatic carbocycles. The van der Waals surface area contributed by atoms with Gasteiger partial charge in [-0.05, 0) is 42.5 Å². The molecule has 0 saturated carbocycles. The van der Waals surface area contributed by atoms with Gasteiger partial charge in [0.25, 0.3) is 10.0 Å². The summed E-state index contributed by atoms with van der Waals surface area (Å²) in [5.41, 5.74) is 0.954. The molecule has 2 rings (SSSR count). The van der Waals surface area contributed by atoms with E-state index in [1.54, 1.807) is 38.1 Å². The Labute approximate surface area is 151 Å². The van der Waals surface area contributed by atoms with Gasteiger partial charge in [-0.25, -0.2) is 8.42 Å². The number of sulfonamides is 1. The molecule has 0 fully saturated rings. The summed E-state index contributed by atoms with van der Waals surface area (Å²) in [6.45, 7) is 3.57. The van der Waals surface area contributed by atoms with Crippen molar-refractivity contribution in [1.29, 1.82) is 0 Å². The molecule has 0 heterocycles. The van der Waals surface area contributed by atoms with Crippen molar-refractivity contribution >= 4 is 50.5 Å². The third-order valence-corrected chi connectivity index (χ3v) is 5.25. The molecule has 0 unspecified atom stereocenters. The first-order valence-electron chi connectivity index (χ1n) is 7.08. The Hall–Kier alpha value is -1.76. The Kier molecular flexibility index (Phi) is 5.74. The fraction of sp³-hybridized carbons (Fsp3) is 0.188. The average molecular weight is 387 g/mol. The molecule has 8 heteroatoms. The van der Waals surface area contributed by atoms with E-state index in [4.69, 9.17) is 23.2 Å². The van der Waals surface area contributed by atoms with Crippen molar-refractivity contribution < 1.29 is 13.2 Å². The van der Waals surface area contributed by atoms with Crippen LogP contribution in [0, 0.1) is 5.92 Å². The van der Waals surface area contributed by atoms with Crippen LogP contribution in [0.2, 0.25) is 10.0 Å². The normalized spacial score (nSPS) is 11.4. The minimum absolute atomic E-state index is 0.00841. The Morgan fingerprint density at radius 2 is 1.54 bits per heavy atom. The quantitative estimate of drug-likeness (QED) is 0.799. The zero-order valence-electron chi connectivity index (χ0n) is 13.0. The van der Waals surface area contributed by atoms with Gasteiger partial charge in [0.2, 0.25) is 5.91 Å². The fourth-order valence-electron chi connectivity index (χ4n) is 1.77. The van der Waals surface area contributed by atoms with Crippen molar-refractivity contribution in [2.75, 3.05) is 10.0 Å². The molecule has 0 aliphatic rings. The molecule has 0 bridgehead atoms. The zero-order chi connectivity index (χ0) is 17.9.